The number of hydrogen-bond acceptors (Lipinski definition) is 3. The molecule has 1 aliphatic heterocycles. The molecule has 0 bridgehead atoms. The summed E-state index contributed by atoms with van der Waals surface area (Å²) in [5.74, 6) is 0. The topological polar surface area (TPSA) is 58.8 Å². The van der Waals surface area contributed by atoms with E-state index in [4.69, 9.17) is 10.5 Å². The standard InChI is InChI=1S/C12H25N3O2/c1-4-14(10-12(2,3)9-13)11(16)15-5-7-17-8-6-15/h4-10,13H2,1-3H3. The molecule has 1 saturated heterocycles. The van der Waals surface area contributed by atoms with Gasteiger partial charge in [-0.1, -0.05) is 13.8 Å². The molecule has 1 heterocycles. The second kappa shape index (κ2) is 6.21. The number of carbonyl (C=O) groups is 1. The van der Waals surface area contributed by atoms with E-state index in [0.717, 1.165) is 6.54 Å². The third kappa shape index (κ3) is 4.16. The number of carbonyl (C=O) groups excluding carboxylic acids is 1. The minimum atomic E-state index is -0.0298. The van der Waals surface area contributed by atoms with Crippen LogP contribution in [0.5, 0.6) is 0 Å². The van der Waals surface area contributed by atoms with E-state index >= 15 is 0 Å². The number of morpholine rings is 1. The lowest BCUT2D eigenvalue weighted by molar-refractivity contribution is 0.0407. The van der Waals surface area contributed by atoms with Gasteiger partial charge in [-0.15, -0.1) is 0 Å². The highest BCUT2D eigenvalue weighted by Crippen LogP contribution is 2.16. The molecule has 0 aromatic carbocycles. The van der Waals surface area contributed by atoms with Gasteiger partial charge < -0.3 is 20.3 Å². The second-order valence-corrected chi connectivity index (χ2v) is 5.26. The van der Waals surface area contributed by atoms with Crippen molar-refractivity contribution >= 4 is 6.03 Å². The van der Waals surface area contributed by atoms with Crippen LogP contribution in [0.25, 0.3) is 0 Å². The summed E-state index contributed by atoms with van der Waals surface area (Å²) in [6, 6.07) is 0.109. The van der Waals surface area contributed by atoms with Crippen molar-refractivity contribution < 1.29 is 9.53 Å². The molecule has 2 N–H and O–H groups in total. The first-order valence-electron chi connectivity index (χ1n) is 6.32. The quantitative estimate of drug-likeness (QED) is 0.792. The number of rotatable bonds is 4. The molecular formula is C12H25N3O2. The largest absolute Gasteiger partial charge is 0.378 e. The van der Waals surface area contributed by atoms with Gasteiger partial charge in [-0.2, -0.15) is 0 Å². The van der Waals surface area contributed by atoms with Gasteiger partial charge in [0.2, 0.25) is 0 Å². The first kappa shape index (κ1) is 14.3. The van der Waals surface area contributed by atoms with Crippen LogP contribution in [0.15, 0.2) is 0 Å². The van der Waals surface area contributed by atoms with Gasteiger partial charge in [0.1, 0.15) is 0 Å². The van der Waals surface area contributed by atoms with Crippen molar-refractivity contribution in [2.45, 2.75) is 20.8 Å². The average molecular weight is 243 g/mol. The molecule has 1 rings (SSSR count). The number of amides is 2. The van der Waals surface area contributed by atoms with Gasteiger partial charge in [0.15, 0.2) is 0 Å². The van der Waals surface area contributed by atoms with Crippen LogP contribution in [-0.2, 0) is 4.74 Å². The zero-order valence-electron chi connectivity index (χ0n) is 11.2. The molecule has 100 valence electrons. The predicted octanol–water partition coefficient (Wildman–Crippen LogP) is 0.745. The summed E-state index contributed by atoms with van der Waals surface area (Å²) in [5, 5.41) is 0. The van der Waals surface area contributed by atoms with Gasteiger partial charge in [0.05, 0.1) is 13.2 Å². The van der Waals surface area contributed by atoms with Crippen molar-refractivity contribution in [1.82, 2.24) is 9.80 Å². The molecule has 5 heteroatoms. The highest BCUT2D eigenvalue weighted by Gasteiger charge is 2.26. The fourth-order valence-electron chi connectivity index (χ4n) is 1.85. The zero-order chi connectivity index (χ0) is 12.9. The lowest BCUT2D eigenvalue weighted by atomic mass is 9.93. The molecule has 5 nitrogen and oxygen atoms in total. The molecular weight excluding hydrogens is 218 g/mol. The third-order valence-electron chi connectivity index (χ3n) is 3.11. The van der Waals surface area contributed by atoms with Gasteiger partial charge in [0.25, 0.3) is 0 Å². The van der Waals surface area contributed by atoms with E-state index in [-0.39, 0.29) is 11.4 Å². The van der Waals surface area contributed by atoms with Crippen molar-refractivity contribution in [2.75, 3.05) is 45.9 Å². The molecule has 0 spiro atoms. The Morgan fingerprint density at radius 3 is 2.47 bits per heavy atom. The number of ether oxygens (including phenoxy) is 1. The molecule has 0 unspecified atom stereocenters. The van der Waals surface area contributed by atoms with E-state index in [1.54, 1.807) is 0 Å². The van der Waals surface area contributed by atoms with Crippen LogP contribution in [-0.4, -0.2) is 61.8 Å². The fourth-order valence-corrected chi connectivity index (χ4v) is 1.85. The molecule has 1 fully saturated rings. The van der Waals surface area contributed by atoms with Crippen LogP contribution < -0.4 is 5.73 Å². The Labute approximate surface area is 104 Å². The summed E-state index contributed by atoms with van der Waals surface area (Å²) in [7, 11) is 0. The summed E-state index contributed by atoms with van der Waals surface area (Å²) in [6.07, 6.45) is 0. The van der Waals surface area contributed by atoms with Crippen molar-refractivity contribution in [3.8, 4) is 0 Å². The van der Waals surface area contributed by atoms with Gasteiger partial charge >= 0.3 is 6.03 Å². The maximum atomic E-state index is 12.3. The molecule has 0 atom stereocenters. The number of nitrogens with zero attached hydrogens (tertiary/aromatic N) is 2. The van der Waals surface area contributed by atoms with Crippen LogP contribution in [0.4, 0.5) is 4.79 Å². The van der Waals surface area contributed by atoms with Crippen molar-refractivity contribution in [3.05, 3.63) is 0 Å². The Balaban J connectivity index is 2.56. The molecule has 0 radical (unpaired) electrons. The molecule has 17 heavy (non-hydrogen) atoms. The first-order valence-corrected chi connectivity index (χ1v) is 6.32. The van der Waals surface area contributed by atoms with Gasteiger partial charge in [-0.05, 0) is 18.9 Å². The number of nitrogens with two attached hydrogens (primary N) is 1. The smallest absolute Gasteiger partial charge is 0.320 e. The third-order valence-corrected chi connectivity index (χ3v) is 3.11. The van der Waals surface area contributed by atoms with Crippen molar-refractivity contribution in [3.63, 3.8) is 0 Å². The van der Waals surface area contributed by atoms with Crippen molar-refractivity contribution in [1.29, 1.82) is 0 Å². The Bertz CT molecular complexity index is 250. The Kier molecular flexibility index (Phi) is 5.21. The molecule has 1 aliphatic rings. The second-order valence-electron chi connectivity index (χ2n) is 5.26. The molecule has 0 aromatic heterocycles. The van der Waals surface area contributed by atoms with Crippen LogP contribution in [0, 0.1) is 5.41 Å². The predicted molar refractivity (Wildman–Crippen MR) is 67.9 cm³/mol. The minimum absolute atomic E-state index is 0.0298. The van der Waals surface area contributed by atoms with Gasteiger partial charge in [0, 0.05) is 26.2 Å². The van der Waals surface area contributed by atoms with E-state index in [1.165, 1.54) is 0 Å². The van der Waals surface area contributed by atoms with Crippen LogP contribution in [0.2, 0.25) is 0 Å². The van der Waals surface area contributed by atoms with Crippen molar-refractivity contribution in [2.24, 2.45) is 11.1 Å². The summed E-state index contributed by atoms with van der Waals surface area (Å²) < 4.78 is 5.25. The van der Waals surface area contributed by atoms with E-state index in [9.17, 15) is 4.79 Å². The van der Waals surface area contributed by atoms with Gasteiger partial charge in [-0.25, -0.2) is 4.79 Å². The molecule has 0 saturated carbocycles. The summed E-state index contributed by atoms with van der Waals surface area (Å²) in [4.78, 5) is 16.0. The van der Waals surface area contributed by atoms with E-state index < -0.39 is 0 Å². The summed E-state index contributed by atoms with van der Waals surface area (Å²) in [6.45, 7) is 10.9. The Morgan fingerprint density at radius 1 is 1.41 bits per heavy atom. The number of urea groups is 1. The van der Waals surface area contributed by atoms with Crippen LogP contribution in [0.1, 0.15) is 20.8 Å². The average Bonchev–Trinajstić information content (AvgIpc) is 2.36. The summed E-state index contributed by atoms with van der Waals surface area (Å²) in [5.41, 5.74) is 5.69. The SMILES string of the molecule is CCN(CC(C)(C)CN)C(=O)N1CCOCC1. The maximum absolute atomic E-state index is 12.3. The fraction of sp³-hybridized carbons (Fsp3) is 0.917. The minimum Gasteiger partial charge on any atom is -0.378 e. The maximum Gasteiger partial charge on any atom is 0.320 e. The van der Waals surface area contributed by atoms with E-state index in [0.29, 0.717) is 39.4 Å². The highest BCUT2D eigenvalue weighted by molar-refractivity contribution is 5.74. The van der Waals surface area contributed by atoms with E-state index in [1.807, 2.05) is 16.7 Å². The van der Waals surface area contributed by atoms with Crippen LogP contribution >= 0.6 is 0 Å². The highest BCUT2D eigenvalue weighted by atomic mass is 16.5. The van der Waals surface area contributed by atoms with E-state index in [2.05, 4.69) is 13.8 Å². The lowest BCUT2D eigenvalue weighted by Gasteiger charge is -2.36. The zero-order valence-corrected chi connectivity index (χ0v) is 11.2. The van der Waals surface area contributed by atoms with Gasteiger partial charge in [-0.3, -0.25) is 0 Å². The molecule has 0 aliphatic carbocycles. The normalized spacial score (nSPS) is 17.1. The lowest BCUT2D eigenvalue weighted by Crippen LogP contribution is -2.51. The Morgan fingerprint density at radius 2 is 2.00 bits per heavy atom. The summed E-state index contributed by atoms with van der Waals surface area (Å²) >= 11 is 0. The molecule has 0 aromatic rings. The molecule has 2 amide bonds. The Hall–Kier alpha value is -0.810. The number of hydrogen-bond donors (Lipinski definition) is 1. The first-order chi connectivity index (χ1) is 8.00. The van der Waals surface area contributed by atoms with Crippen LogP contribution in [0.3, 0.4) is 0 Å². The monoisotopic (exact) mass is 243 g/mol.